The van der Waals surface area contributed by atoms with Crippen LogP contribution in [-0.2, 0) is 10.0 Å². The molecule has 1 fully saturated rings. The highest BCUT2D eigenvalue weighted by Gasteiger charge is 2.31. The Hall–Kier alpha value is -0.870. The fourth-order valence-electron chi connectivity index (χ4n) is 3.00. The molecule has 0 spiro atoms. The van der Waals surface area contributed by atoms with Gasteiger partial charge in [0.2, 0.25) is 10.0 Å². The molecule has 0 aromatic heterocycles. The van der Waals surface area contributed by atoms with E-state index < -0.39 is 10.0 Å². The van der Waals surface area contributed by atoms with E-state index in [1.54, 1.807) is 4.31 Å². The molecule has 3 nitrogen and oxygen atoms in total. The van der Waals surface area contributed by atoms with Gasteiger partial charge < -0.3 is 0 Å². The highest BCUT2D eigenvalue weighted by Crippen LogP contribution is 2.32. The predicted molar refractivity (Wildman–Crippen MR) is 83.2 cm³/mol. The molecule has 1 aliphatic heterocycles. The topological polar surface area (TPSA) is 37.4 Å². The van der Waals surface area contributed by atoms with Gasteiger partial charge in [0.15, 0.2) is 0 Å². The van der Waals surface area contributed by atoms with Gasteiger partial charge in [0.25, 0.3) is 0 Å². The molecule has 0 N–H and O–H groups in total. The minimum Gasteiger partial charge on any atom is -0.212 e. The number of benzene rings is 1. The van der Waals surface area contributed by atoms with Crippen molar-refractivity contribution in [1.29, 1.82) is 0 Å². The Morgan fingerprint density at radius 1 is 1.25 bits per heavy atom. The van der Waals surface area contributed by atoms with Gasteiger partial charge in [-0.15, -0.1) is 0 Å². The molecular formula is C16H25NO2S. The average Bonchev–Trinajstić information content (AvgIpc) is 2.64. The van der Waals surface area contributed by atoms with Gasteiger partial charge in [0.05, 0.1) is 5.75 Å². The molecule has 1 aliphatic rings. The Kier molecular flexibility index (Phi) is 5.22. The van der Waals surface area contributed by atoms with Crippen LogP contribution in [0.2, 0.25) is 0 Å². The van der Waals surface area contributed by atoms with Crippen molar-refractivity contribution in [3.8, 4) is 0 Å². The van der Waals surface area contributed by atoms with Gasteiger partial charge in [0.1, 0.15) is 0 Å². The first-order valence-corrected chi connectivity index (χ1v) is 9.21. The van der Waals surface area contributed by atoms with Crippen molar-refractivity contribution in [2.24, 2.45) is 0 Å². The number of nitrogens with zero attached hydrogens (tertiary/aromatic N) is 1. The van der Waals surface area contributed by atoms with Gasteiger partial charge in [-0.2, -0.15) is 4.31 Å². The Bertz CT molecular complexity index is 539. The minimum absolute atomic E-state index is 0.0222. The first-order valence-electron chi connectivity index (χ1n) is 7.60. The number of aryl methyl sites for hydroxylation is 1. The molecule has 1 atom stereocenters. The molecule has 0 amide bonds. The summed E-state index contributed by atoms with van der Waals surface area (Å²) < 4.78 is 26.8. The van der Waals surface area contributed by atoms with Crippen LogP contribution in [0.4, 0.5) is 0 Å². The minimum atomic E-state index is -3.13. The maximum atomic E-state index is 12.5. The van der Waals surface area contributed by atoms with Crippen molar-refractivity contribution in [1.82, 2.24) is 4.31 Å². The van der Waals surface area contributed by atoms with E-state index in [2.05, 4.69) is 25.1 Å². The van der Waals surface area contributed by atoms with Crippen molar-refractivity contribution in [2.75, 3.05) is 12.3 Å². The number of sulfonamides is 1. The third-order valence-electron chi connectivity index (χ3n) is 3.95. The van der Waals surface area contributed by atoms with Crippen molar-refractivity contribution in [3.63, 3.8) is 0 Å². The summed E-state index contributed by atoms with van der Waals surface area (Å²) in [6.45, 7) is 4.66. The van der Waals surface area contributed by atoms with Gasteiger partial charge in [-0.1, -0.05) is 49.6 Å². The van der Waals surface area contributed by atoms with Crippen molar-refractivity contribution < 1.29 is 8.42 Å². The largest absolute Gasteiger partial charge is 0.214 e. The molecule has 1 aromatic rings. The first-order chi connectivity index (χ1) is 9.54. The highest BCUT2D eigenvalue weighted by atomic mass is 32.2. The smallest absolute Gasteiger partial charge is 0.212 e. The SMILES string of the molecule is CCCS(=O)(=O)N1CCCCC[C@@H]1c1cccc(C)c1. The molecule has 0 radical (unpaired) electrons. The predicted octanol–water partition coefficient (Wildman–Crippen LogP) is 3.65. The van der Waals surface area contributed by atoms with E-state index in [-0.39, 0.29) is 11.8 Å². The molecule has 0 aliphatic carbocycles. The maximum Gasteiger partial charge on any atom is 0.214 e. The summed E-state index contributed by atoms with van der Waals surface area (Å²) in [6.07, 6.45) is 4.83. The molecule has 4 heteroatoms. The van der Waals surface area contributed by atoms with Crippen LogP contribution in [0.3, 0.4) is 0 Å². The zero-order valence-corrected chi connectivity index (χ0v) is 13.3. The van der Waals surface area contributed by atoms with Crippen LogP contribution in [0, 0.1) is 6.92 Å². The van der Waals surface area contributed by atoms with Crippen LogP contribution >= 0.6 is 0 Å². The Morgan fingerprint density at radius 3 is 2.75 bits per heavy atom. The van der Waals surface area contributed by atoms with Gasteiger partial charge in [0, 0.05) is 12.6 Å². The fourth-order valence-corrected chi connectivity index (χ4v) is 4.77. The average molecular weight is 295 g/mol. The Balaban J connectivity index is 2.35. The van der Waals surface area contributed by atoms with Crippen LogP contribution < -0.4 is 0 Å². The molecule has 1 saturated heterocycles. The fraction of sp³-hybridized carbons (Fsp3) is 0.625. The van der Waals surface area contributed by atoms with Crippen molar-refractivity contribution in [2.45, 2.75) is 52.0 Å². The molecule has 0 bridgehead atoms. The molecular weight excluding hydrogens is 270 g/mol. The van der Waals surface area contributed by atoms with Gasteiger partial charge in [-0.25, -0.2) is 8.42 Å². The lowest BCUT2D eigenvalue weighted by molar-refractivity contribution is 0.328. The molecule has 0 unspecified atom stereocenters. The summed E-state index contributed by atoms with van der Waals surface area (Å²) in [5.41, 5.74) is 2.34. The van der Waals surface area contributed by atoms with Crippen LogP contribution in [0.25, 0.3) is 0 Å². The standard InChI is InChI=1S/C16H25NO2S/c1-3-12-20(18,19)17-11-6-4-5-10-16(17)15-9-7-8-14(2)13-15/h7-9,13,16H,3-6,10-12H2,1-2H3/t16-/m1/s1. The zero-order chi connectivity index (χ0) is 14.6. The van der Waals surface area contributed by atoms with Gasteiger partial charge >= 0.3 is 0 Å². The van der Waals surface area contributed by atoms with E-state index in [4.69, 9.17) is 0 Å². The first kappa shape index (κ1) is 15.5. The Morgan fingerprint density at radius 2 is 2.05 bits per heavy atom. The van der Waals surface area contributed by atoms with E-state index in [0.29, 0.717) is 13.0 Å². The summed E-state index contributed by atoms with van der Waals surface area (Å²) in [4.78, 5) is 0. The normalized spacial score (nSPS) is 21.6. The lowest BCUT2D eigenvalue weighted by atomic mass is 10.0. The second-order valence-corrected chi connectivity index (χ2v) is 7.75. The van der Waals surface area contributed by atoms with Crippen LogP contribution in [0.1, 0.15) is 56.2 Å². The molecule has 0 saturated carbocycles. The second kappa shape index (κ2) is 6.72. The Labute approximate surface area is 123 Å². The molecule has 1 heterocycles. The second-order valence-electron chi connectivity index (χ2n) is 5.71. The summed E-state index contributed by atoms with van der Waals surface area (Å²) in [5, 5.41) is 0. The van der Waals surface area contributed by atoms with Crippen LogP contribution in [-0.4, -0.2) is 25.0 Å². The zero-order valence-electron chi connectivity index (χ0n) is 12.5. The monoisotopic (exact) mass is 295 g/mol. The van der Waals surface area contributed by atoms with Crippen molar-refractivity contribution in [3.05, 3.63) is 35.4 Å². The molecule has 1 aromatic carbocycles. The quantitative estimate of drug-likeness (QED) is 0.850. The number of rotatable bonds is 4. The molecule has 112 valence electrons. The van der Waals surface area contributed by atoms with E-state index in [1.165, 1.54) is 5.56 Å². The van der Waals surface area contributed by atoms with Crippen LogP contribution in [0.5, 0.6) is 0 Å². The van der Waals surface area contributed by atoms with E-state index in [1.807, 2.05) is 13.0 Å². The summed E-state index contributed by atoms with van der Waals surface area (Å²) in [6, 6.07) is 8.31. The molecule has 2 rings (SSSR count). The molecule has 20 heavy (non-hydrogen) atoms. The summed E-state index contributed by atoms with van der Waals surface area (Å²) in [5.74, 6) is 0.259. The lowest BCUT2D eigenvalue weighted by Crippen LogP contribution is -2.36. The van der Waals surface area contributed by atoms with Crippen molar-refractivity contribution >= 4 is 10.0 Å². The lowest BCUT2D eigenvalue weighted by Gasteiger charge is -2.29. The van der Waals surface area contributed by atoms with Gasteiger partial charge in [-0.05, 0) is 31.7 Å². The maximum absolute atomic E-state index is 12.5. The number of hydrogen-bond acceptors (Lipinski definition) is 2. The van der Waals surface area contributed by atoms with E-state index >= 15 is 0 Å². The third kappa shape index (κ3) is 3.61. The van der Waals surface area contributed by atoms with E-state index in [0.717, 1.165) is 31.2 Å². The number of hydrogen-bond donors (Lipinski definition) is 0. The summed E-state index contributed by atoms with van der Waals surface area (Å²) >= 11 is 0. The van der Waals surface area contributed by atoms with Crippen LogP contribution in [0.15, 0.2) is 24.3 Å². The van der Waals surface area contributed by atoms with E-state index in [9.17, 15) is 8.42 Å². The summed E-state index contributed by atoms with van der Waals surface area (Å²) in [7, 11) is -3.13. The van der Waals surface area contributed by atoms with Gasteiger partial charge in [-0.3, -0.25) is 0 Å². The highest BCUT2D eigenvalue weighted by molar-refractivity contribution is 7.89. The third-order valence-corrected chi connectivity index (χ3v) is 6.03.